The third kappa shape index (κ3) is 17.5. The number of primary amides is 1. The molecule has 0 bridgehead atoms. The summed E-state index contributed by atoms with van der Waals surface area (Å²) in [6.07, 6.45) is -1.04. The first-order chi connectivity index (χ1) is 23.2. The van der Waals surface area contributed by atoms with Gasteiger partial charge in [0, 0.05) is 0 Å². The summed E-state index contributed by atoms with van der Waals surface area (Å²) in [5.41, 5.74) is 16.7. The van der Waals surface area contributed by atoms with Crippen molar-refractivity contribution in [1.29, 1.82) is 0 Å². The molecule has 7 atom stereocenters. The molecule has 0 rings (SSSR count). The molecular weight excluding hydrogens is 664 g/mol. The van der Waals surface area contributed by atoms with Crippen LogP contribution in [0.1, 0.15) is 79.1 Å². The lowest BCUT2D eigenvalue weighted by Crippen LogP contribution is -2.60. The van der Waals surface area contributed by atoms with Gasteiger partial charge in [-0.05, 0) is 37.6 Å². The molecule has 0 saturated heterocycles. The van der Waals surface area contributed by atoms with E-state index in [1.54, 1.807) is 27.7 Å². The van der Waals surface area contributed by atoms with Crippen molar-refractivity contribution in [3.05, 3.63) is 0 Å². The van der Waals surface area contributed by atoms with E-state index in [-0.39, 0.29) is 18.8 Å². The minimum atomic E-state index is -1.84. The molecule has 0 radical (unpaired) electrons. The van der Waals surface area contributed by atoms with E-state index in [1.807, 2.05) is 5.32 Å². The summed E-state index contributed by atoms with van der Waals surface area (Å²) in [6, 6.07) is -9.16. The minimum absolute atomic E-state index is 0.0919. The van der Waals surface area contributed by atoms with Crippen LogP contribution in [0.4, 0.5) is 0 Å². The van der Waals surface area contributed by atoms with Crippen LogP contribution in [0.3, 0.4) is 0 Å². The first-order valence-corrected chi connectivity index (χ1v) is 16.2. The monoisotopic (exact) mass is 716 g/mol. The third-order valence-corrected chi connectivity index (χ3v) is 7.48. The average molecular weight is 717 g/mol. The first-order valence-electron chi connectivity index (χ1n) is 16.2. The van der Waals surface area contributed by atoms with E-state index in [0.29, 0.717) is 25.8 Å². The number of carbonyl (C=O) groups excluding carboxylic acids is 6. The molecule has 0 aromatic carbocycles. The molecule has 20 heteroatoms. The number of hydrogen-bond donors (Lipinski definition) is 11. The quantitative estimate of drug-likeness (QED) is 0.0416. The molecule has 0 aromatic rings. The van der Waals surface area contributed by atoms with Crippen molar-refractivity contribution in [1.82, 2.24) is 26.6 Å². The lowest BCUT2D eigenvalue weighted by atomic mass is 9.97. The van der Waals surface area contributed by atoms with Crippen LogP contribution in [0.25, 0.3) is 0 Å². The summed E-state index contributed by atoms with van der Waals surface area (Å²) in [5, 5.41) is 39.0. The lowest BCUT2D eigenvalue weighted by molar-refractivity contribution is -0.147. The number of carboxylic acids is 3. The number of amides is 6. The van der Waals surface area contributed by atoms with E-state index in [0.717, 1.165) is 0 Å². The van der Waals surface area contributed by atoms with E-state index in [4.69, 9.17) is 22.3 Å². The van der Waals surface area contributed by atoms with Gasteiger partial charge >= 0.3 is 17.9 Å². The molecule has 0 aromatic heterocycles. The minimum Gasteiger partial charge on any atom is -0.481 e. The highest BCUT2D eigenvalue weighted by molar-refractivity contribution is 5.99. The summed E-state index contributed by atoms with van der Waals surface area (Å²) in [5.74, 6) is -11.6. The molecule has 6 amide bonds. The van der Waals surface area contributed by atoms with E-state index >= 15 is 0 Å². The zero-order valence-electron chi connectivity index (χ0n) is 28.7. The molecule has 0 aliphatic carbocycles. The smallest absolute Gasteiger partial charge is 0.326 e. The Hall–Kier alpha value is -4.85. The summed E-state index contributed by atoms with van der Waals surface area (Å²) in [4.78, 5) is 112. The summed E-state index contributed by atoms with van der Waals surface area (Å²) in [7, 11) is 0. The van der Waals surface area contributed by atoms with Gasteiger partial charge in [0.1, 0.15) is 30.2 Å². The van der Waals surface area contributed by atoms with Gasteiger partial charge in [0.25, 0.3) is 0 Å². The maximum Gasteiger partial charge on any atom is 0.326 e. The Morgan fingerprint density at radius 1 is 0.620 bits per heavy atom. The number of hydrogen-bond acceptors (Lipinski definition) is 11. The van der Waals surface area contributed by atoms with E-state index < -0.39 is 115 Å². The number of unbranched alkanes of at least 4 members (excludes halogenated alkanes) is 1. The number of rotatable bonds is 25. The van der Waals surface area contributed by atoms with Crippen molar-refractivity contribution in [2.75, 3.05) is 6.54 Å². The van der Waals surface area contributed by atoms with Gasteiger partial charge in [-0.2, -0.15) is 0 Å². The normalized spacial score (nSPS) is 15.2. The fourth-order valence-corrected chi connectivity index (χ4v) is 4.55. The van der Waals surface area contributed by atoms with Crippen molar-refractivity contribution in [2.24, 2.45) is 29.0 Å². The summed E-state index contributed by atoms with van der Waals surface area (Å²) in [6.45, 7) is 7.08. The number of nitrogens with one attached hydrogen (secondary N) is 5. The zero-order chi connectivity index (χ0) is 38.7. The Morgan fingerprint density at radius 2 is 1.08 bits per heavy atom. The van der Waals surface area contributed by atoms with E-state index in [9.17, 15) is 53.4 Å². The van der Waals surface area contributed by atoms with Gasteiger partial charge in [-0.15, -0.1) is 0 Å². The number of nitrogens with two attached hydrogens (primary N) is 3. The fourth-order valence-electron chi connectivity index (χ4n) is 4.55. The highest BCUT2D eigenvalue weighted by Crippen LogP contribution is 2.11. The molecule has 20 nitrogen and oxygen atoms in total. The summed E-state index contributed by atoms with van der Waals surface area (Å²) >= 11 is 0. The SMILES string of the molecule is CC[C@H](C)[C@H](NC(=O)[C@@H](N)CCCCN)C(=O)N[C@@H](CC(=O)O)C(=O)N[C@@H](CC(N)=O)C(=O)N[C@@H](CC(C)C)C(=O)N[C@@H](CC(=O)O)C(=O)O. The average Bonchev–Trinajstić information content (AvgIpc) is 3.00. The van der Waals surface area contributed by atoms with Crippen molar-refractivity contribution < 1.29 is 58.5 Å². The summed E-state index contributed by atoms with van der Waals surface area (Å²) < 4.78 is 0. The van der Waals surface area contributed by atoms with Crippen LogP contribution in [0, 0.1) is 11.8 Å². The van der Waals surface area contributed by atoms with Gasteiger partial charge < -0.3 is 59.1 Å². The van der Waals surface area contributed by atoms with Crippen LogP contribution in [-0.2, 0) is 43.2 Å². The van der Waals surface area contributed by atoms with Gasteiger partial charge in [-0.25, -0.2) is 4.79 Å². The molecule has 0 saturated carbocycles. The van der Waals surface area contributed by atoms with Crippen LogP contribution < -0.4 is 43.8 Å². The Bertz CT molecular complexity index is 1230. The third-order valence-electron chi connectivity index (χ3n) is 7.48. The molecule has 50 heavy (non-hydrogen) atoms. The Kier molecular flexibility index (Phi) is 20.5. The van der Waals surface area contributed by atoms with Gasteiger partial charge in [0.2, 0.25) is 35.4 Å². The highest BCUT2D eigenvalue weighted by Gasteiger charge is 2.35. The molecule has 284 valence electrons. The van der Waals surface area contributed by atoms with Crippen LogP contribution >= 0.6 is 0 Å². The number of carboxylic acid groups (broad SMARTS) is 3. The second-order valence-electron chi connectivity index (χ2n) is 12.3. The maximum absolute atomic E-state index is 13.3. The van der Waals surface area contributed by atoms with Gasteiger partial charge in [0.15, 0.2) is 0 Å². The predicted octanol–water partition coefficient (Wildman–Crippen LogP) is -3.13. The molecule has 0 heterocycles. The van der Waals surface area contributed by atoms with Crippen molar-refractivity contribution in [3.8, 4) is 0 Å². The molecular formula is C30H52N8O12. The maximum atomic E-state index is 13.3. The Labute approximate surface area is 289 Å². The second kappa shape index (κ2) is 22.7. The number of aliphatic carboxylic acids is 3. The van der Waals surface area contributed by atoms with E-state index in [2.05, 4.69) is 21.3 Å². The van der Waals surface area contributed by atoms with Crippen LogP contribution in [0.5, 0.6) is 0 Å². The standard InChI is InChI=1S/C30H52N8O12/c1-5-15(4)24(38-25(44)16(32)8-6-7-9-31)29(48)36-19(12-22(40)41)28(47)35-18(11-21(33)39)27(46)34-17(10-14(2)3)26(45)37-20(30(49)50)13-23(42)43/h14-20,24H,5-13,31-32H2,1-4H3,(H2,33,39)(H,34,46)(H,35,47)(H,36,48)(H,37,45)(H,38,44)(H,40,41)(H,42,43)(H,49,50)/t15-,16-,17-,18-,19-,20-,24-/m0/s1. The largest absolute Gasteiger partial charge is 0.481 e. The predicted molar refractivity (Wildman–Crippen MR) is 175 cm³/mol. The molecule has 0 aliphatic rings. The van der Waals surface area contributed by atoms with E-state index in [1.165, 1.54) is 0 Å². The van der Waals surface area contributed by atoms with Gasteiger partial charge in [-0.3, -0.25) is 38.4 Å². The Morgan fingerprint density at radius 3 is 1.54 bits per heavy atom. The number of carbonyl (C=O) groups is 9. The zero-order valence-corrected chi connectivity index (χ0v) is 28.7. The van der Waals surface area contributed by atoms with Crippen molar-refractivity contribution >= 4 is 53.4 Å². The Balaban J connectivity index is 6.15. The topological polar surface area (TPSA) is 353 Å². The van der Waals surface area contributed by atoms with Gasteiger partial charge in [-0.1, -0.05) is 40.5 Å². The molecule has 0 fully saturated rings. The van der Waals surface area contributed by atoms with Crippen LogP contribution in [0.2, 0.25) is 0 Å². The van der Waals surface area contributed by atoms with Crippen LogP contribution in [0.15, 0.2) is 0 Å². The lowest BCUT2D eigenvalue weighted by Gasteiger charge is -2.28. The molecule has 14 N–H and O–H groups in total. The highest BCUT2D eigenvalue weighted by atomic mass is 16.4. The molecule has 0 unspecified atom stereocenters. The molecule has 0 spiro atoms. The first kappa shape index (κ1) is 45.2. The second-order valence-corrected chi connectivity index (χ2v) is 12.3. The fraction of sp³-hybridized carbons (Fsp3) is 0.700. The van der Waals surface area contributed by atoms with Gasteiger partial charge in [0.05, 0.1) is 25.3 Å². The molecule has 0 aliphatic heterocycles. The van der Waals surface area contributed by atoms with Crippen molar-refractivity contribution in [2.45, 2.75) is 115 Å². The van der Waals surface area contributed by atoms with Crippen molar-refractivity contribution in [3.63, 3.8) is 0 Å². The van der Waals surface area contributed by atoms with Crippen LogP contribution in [-0.4, -0.2) is 111 Å².